The molecule has 0 atom stereocenters. The molecule has 0 amide bonds. The molecule has 1 aromatic heterocycles. The van der Waals surface area contributed by atoms with E-state index in [0.717, 1.165) is 0 Å². The van der Waals surface area contributed by atoms with Gasteiger partial charge in [-0.05, 0) is 24.3 Å². The molecule has 1 aliphatic heterocycles. The van der Waals surface area contributed by atoms with Crippen molar-refractivity contribution in [3.8, 4) is 0 Å². The molecular weight excluding hydrogens is 274 g/mol. The number of aliphatic imine (C=N–C) groups is 1. The predicted molar refractivity (Wildman–Crippen MR) is 77.9 cm³/mol. The summed E-state index contributed by atoms with van der Waals surface area (Å²) < 4.78 is 25.0. The maximum Gasteiger partial charge on any atom is 0.265 e. The van der Waals surface area contributed by atoms with Gasteiger partial charge in [0, 0.05) is 12.4 Å². The van der Waals surface area contributed by atoms with Gasteiger partial charge in [-0.3, -0.25) is 14.3 Å². The summed E-state index contributed by atoms with van der Waals surface area (Å²) in [6.07, 6.45) is 4.88. The van der Waals surface area contributed by atoms with Crippen molar-refractivity contribution >= 4 is 16.4 Å². The van der Waals surface area contributed by atoms with Crippen LogP contribution in [0.1, 0.15) is 0 Å². The molecule has 2 aromatic rings. The van der Waals surface area contributed by atoms with Gasteiger partial charge in [-0.25, -0.2) is 8.42 Å². The summed E-state index contributed by atoms with van der Waals surface area (Å²) in [7, 11) is -3.35. The molecule has 6 heteroatoms. The zero-order valence-corrected chi connectivity index (χ0v) is 11.6. The first kappa shape index (κ1) is 14.2. The van der Waals surface area contributed by atoms with Crippen molar-refractivity contribution in [1.29, 1.82) is 0 Å². The molecule has 5 nitrogen and oxygen atoms in total. The number of sulfonamides is 1. The fourth-order valence-corrected chi connectivity index (χ4v) is 2.87. The summed E-state index contributed by atoms with van der Waals surface area (Å²) in [6, 6.07) is 14.1. The largest absolute Gasteiger partial charge is 0.273 e. The van der Waals surface area contributed by atoms with Crippen molar-refractivity contribution in [3.05, 3.63) is 60.9 Å². The number of nitrogens with zero attached hydrogens (tertiary/aromatic N) is 3. The Morgan fingerprint density at radius 2 is 1.60 bits per heavy atom. The van der Waals surface area contributed by atoms with Crippen molar-refractivity contribution in [2.75, 3.05) is 13.1 Å². The SMILES string of the molecule is O=S(=O)(c1ccccc1)N1C=NCC1.c1ccncc1. The van der Waals surface area contributed by atoms with Gasteiger partial charge in [0.05, 0.1) is 24.3 Å². The quantitative estimate of drug-likeness (QED) is 0.847. The zero-order valence-electron chi connectivity index (χ0n) is 10.8. The minimum Gasteiger partial charge on any atom is -0.273 e. The van der Waals surface area contributed by atoms with E-state index in [-0.39, 0.29) is 0 Å². The smallest absolute Gasteiger partial charge is 0.265 e. The molecule has 3 rings (SSSR count). The van der Waals surface area contributed by atoms with Gasteiger partial charge in [-0.2, -0.15) is 0 Å². The van der Waals surface area contributed by atoms with Crippen LogP contribution in [0.2, 0.25) is 0 Å². The highest BCUT2D eigenvalue weighted by Crippen LogP contribution is 2.14. The van der Waals surface area contributed by atoms with Gasteiger partial charge in [0.25, 0.3) is 10.0 Å². The van der Waals surface area contributed by atoms with Crippen molar-refractivity contribution in [3.63, 3.8) is 0 Å². The summed E-state index contributed by atoms with van der Waals surface area (Å²) in [5.41, 5.74) is 0. The molecule has 1 aromatic carbocycles. The Morgan fingerprint density at radius 3 is 2.05 bits per heavy atom. The molecule has 2 heterocycles. The first-order valence-electron chi connectivity index (χ1n) is 6.13. The maximum absolute atomic E-state index is 11.9. The van der Waals surface area contributed by atoms with Gasteiger partial charge in [-0.1, -0.05) is 24.3 Å². The highest BCUT2D eigenvalue weighted by atomic mass is 32.2. The van der Waals surface area contributed by atoms with Crippen LogP contribution in [-0.2, 0) is 10.0 Å². The van der Waals surface area contributed by atoms with E-state index in [4.69, 9.17) is 0 Å². The molecule has 0 fully saturated rings. The lowest BCUT2D eigenvalue weighted by atomic mass is 10.4. The fraction of sp³-hybridized carbons (Fsp3) is 0.143. The van der Waals surface area contributed by atoms with Crippen LogP contribution in [0, 0.1) is 0 Å². The Bertz CT molecular complexity index is 616. The molecule has 0 saturated heterocycles. The van der Waals surface area contributed by atoms with Gasteiger partial charge >= 0.3 is 0 Å². The van der Waals surface area contributed by atoms with Crippen LogP contribution >= 0.6 is 0 Å². The van der Waals surface area contributed by atoms with E-state index >= 15 is 0 Å². The molecule has 0 radical (unpaired) electrons. The fourth-order valence-electron chi connectivity index (χ4n) is 1.59. The molecule has 0 aliphatic carbocycles. The minimum absolute atomic E-state index is 0.313. The Morgan fingerprint density at radius 1 is 0.950 bits per heavy atom. The Kier molecular flexibility index (Phi) is 4.84. The third-order valence-corrected chi connectivity index (χ3v) is 4.34. The van der Waals surface area contributed by atoms with E-state index in [1.165, 1.54) is 10.6 Å². The Hall–Kier alpha value is -2.21. The van der Waals surface area contributed by atoms with Gasteiger partial charge < -0.3 is 0 Å². The number of pyridine rings is 1. The molecule has 104 valence electrons. The third-order valence-electron chi connectivity index (χ3n) is 2.58. The second-order valence-electron chi connectivity index (χ2n) is 3.98. The average Bonchev–Trinajstić information content (AvgIpc) is 3.06. The molecular formula is C14H15N3O2S. The van der Waals surface area contributed by atoms with Crippen LogP contribution in [0.5, 0.6) is 0 Å². The summed E-state index contributed by atoms with van der Waals surface area (Å²) in [6.45, 7) is 0.989. The molecule has 0 unspecified atom stereocenters. The second kappa shape index (κ2) is 6.81. The van der Waals surface area contributed by atoms with Crippen molar-refractivity contribution < 1.29 is 8.42 Å². The Labute approximate surface area is 118 Å². The summed E-state index contributed by atoms with van der Waals surface area (Å²) in [5, 5.41) is 0. The van der Waals surface area contributed by atoms with Crippen molar-refractivity contribution in [2.45, 2.75) is 4.90 Å². The Balaban J connectivity index is 0.000000205. The van der Waals surface area contributed by atoms with Crippen LogP contribution in [0.4, 0.5) is 0 Å². The summed E-state index contributed by atoms with van der Waals surface area (Å²) in [4.78, 5) is 7.98. The minimum atomic E-state index is -3.35. The number of hydrogen-bond donors (Lipinski definition) is 0. The maximum atomic E-state index is 11.9. The monoisotopic (exact) mass is 289 g/mol. The predicted octanol–water partition coefficient (Wildman–Crippen LogP) is 1.80. The van der Waals surface area contributed by atoms with E-state index in [0.29, 0.717) is 18.0 Å². The van der Waals surface area contributed by atoms with Crippen LogP contribution in [0.15, 0.2) is 70.8 Å². The van der Waals surface area contributed by atoms with Gasteiger partial charge in [0.15, 0.2) is 0 Å². The molecule has 0 saturated carbocycles. The van der Waals surface area contributed by atoms with Crippen LogP contribution < -0.4 is 0 Å². The van der Waals surface area contributed by atoms with Crippen molar-refractivity contribution in [2.24, 2.45) is 4.99 Å². The highest BCUT2D eigenvalue weighted by molar-refractivity contribution is 7.89. The normalized spacial score (nSPS) is 13.7. The summed E-state index contributed by atoms with van der Waals surface area (Å²) in [5.74, 6) is 0. The average molecular weight is 289 g/mol. The van der Waals surface area contributed by atoms with Crippen LogP contribution in [0.3, 0.4) is 0 Å². The van der Waals surface area contributed by atoms with Crippen LogP contribution in [-0.4, -0.2) is 37.1 Å². The lowest BCUT2D eigenvalue weighted by molar-refractivity contribution is 0.541. The van der Waals surface area contributed by atoms with Crippen LogP contribution in [0.25, 0.3) is 0 Å². The first-order chi connectivity index (χ1) is 9.71. The number of benzene rings is 1. The van der Waals surface area contributed by atoms with E-state index in [2.05, 4.69) is 9.98 Å². The zero-order chi connectivity index (χ0) is 14.3. The van der Waals surface area contributed by atoms with E-state index in [1.54, 1.807) is 42.7 Å². The lowest BCUT2D eigenvalue weighted by Crippen LogP contribution is -2.27. The number of hydrogen-bond acceptors (Lipinski definition) is 4. The molecule has 0 N–H and O–H groups in total. The topological polar surface area (TPSA) is 62.6 Å². The van der Waals surface area contributed by atoms with Gasteiger partial charge in [0.1, 0.15) is 0 Å². The van der Waals surface area contributed by atoms with E-state index in [1.807, 2.05) is 18.2 Å². The summed E-state index contributed by atoms with van der Waals surface area (Å²) >= 11 is 0. The molecule has 0 bridgehead atoms. The first-order valence-corrected chi connectivity index (χ1v) is 7.57. The van der Waals surface area contributed by atoms with E-state index < -0.39 is 10.0 Å². The number of rotatable bonds is 2. The standard InChI is InChI=1S/C9H10N2O2S.C5H5N/c12-14(13,11-7-6-10-8-11)9-4-2-1-3-5-9;1-2-4-6-5-3-1/h1-5,8H,6-7H2;1-5H. The molecule has 1 aliphatic rings. The third kappa shape index (κ3) is 3.64. The molecule has 0 spiro atoms. The van der Waals surface area contributed by atoms with E-state index in [9.17, 15) is 8.42 Å². The van der Waals surface area contributed by atoms with Gasteiger partial charge in [-0.15, -0.1) is 0 Å². The second-order valence-corrected chi connectivity index (χ2v) is 5.87. The lowest BCUT2D eigenvalue weighted by Gasteiger charge is -2.13. The van der Waals surface area contributed by atoms with Crippen molar-refractivity contribution in [1.82, 2.24) is 9.29 Å². The number of aromatic nitrogens is 1. The van der Waals surface area contributed by atoms with Gasteiger partial charge in [0.2, 0.25) is 0 Å². The molecule has 20 heavy (non-hydrogen) atoms. The highest BCUT2D eigenvalue weighted by Gasteiger charge is 2.23.